The van der Waals surface area contributed by atoms with Crippen molar-refractivity contribution >= 4 is 17.6 Å². The minimum atomic E-state index is -0.321. The lowest BCUT2D eigenvalue weighted by Crippen LogP contribution is -2.28. The number of nitrogens with one attached hydrogen (secondary N) is 1. The number of rotatable bonds is 4. The number of nitrogens with zero attached hydrogens (tertiary/aromatic N) is 3. The second-order valence-corrected chi connectivity index (χ2v) is 6.44. The SMILES string of the molecule is Cc1ccc(CN2C[C@H](C(=O)Nc3cc(C)nn3C)CC2=O)cc1. The first-order chi connectivity index (χ1) is 11.4. The van der Waals surface area contributed by atoms with E-state index >= 15 is 0 Å². The smallest absolute Gasteiger partial charge is 0.230 e. The molecule has 1 aromatic heterocycles. The van der Waals surface area contributed by atoms with Gasteiger partial charge in [0, 0.05) is 32.6 Å². The zero-order valence-electron chi connectivity index (χ0n) is 14.2. The molecular weight excluding hydrogens is 304 g/mol. The maximum Gasteiger partial charge on any atom is 0.230 e. The quantitative estimate of drug-likeness (QED) is 0.935. The molecule has 1 aliphatic rings. The van der Waals surface area contributed by atoms with Crippen LogP contribution in [0.3, 0.4) is 0 Å². The van der Waals surface area contributed by atoms with Gasteiger partial charge in [-0.15, -0.1) is 0 Å². The number of hydrogen-bond donors (Lipinski definition) is 1. The lowest BCUT2D eigenvalue weighted by atomic mass is 10.1. The van der Waals surface area contributed by atoms with Gasteiger partial charge in [-0.2, -0.15) is 5.10 Å². The van der Waals surface area contributed by atoms with E-state index in [9.17, 15) is 9.59 Å². The zero-order chi connectivity index (χ0) is 17.3. The first-order valence-corrected chi connectivity index (χ1v) is 8.07. The topological polar surface area (TPSA) is 67.2 Å². The van der Waals surface area contributed by atoms with Gasteiger partial charge in [0.1, 0.15) is 5.82 Å². The first kappa shape index (κ1) is 16.2. The molecular formula is C18H22N4O2. The molecule has 2 aromatic rings. The standard InChI is InChI=1S/C18H22N4O2/c1-12-4-6-14(7-5-12)10-22-11-15(9-17(22)23)18(24)19-16-8-13(2)20-21(16)3/h4-8,15H,9-11H2,1-3H3,(H,19,24)/t15-/m1/s1. The predicted octanol–water partition coefficient (Wildman–Crippen LogP) is 2.02. The highest BCUT2D eigenvalue weighted by Gasteiger charge is 2.34. The van der Waals surface area contributed by atoms with Crippen molar-refractivity contribution < 1.29 is 9.59 Å². The molecule has 1 N–H and O–H groups in total. The van der Waals surface area contributed by atoms with E-state index in [2.05, 4.69) is 10.4 Å². The highest BCUT2D eigenvalue weighted by atomic mass is 16.2. The number of amides is 2. The fourth-order valence-corrected chi connectivity index (χ4v) is 2.97. The van der Waals surface area contributed by atoms with Crippen LogP contribution >= 0.6 is 0 Å². The summed E-state index contributed by atoms with van der Waals surface area (Å²) in [6.07, 6.45) is 0.258. The van der Waals surface area contributed by atoms with E-state index in [1.807, 2.05) is 44.2 Å². The van der Waals surface area contributed by atoms with Gasteiger partial charge in [-0.25, -0.2) is 0 Å². The summed E-state index contributed by atoms with van der Waals surface area (Å²) >= 11 is 0. The maximum atomic E-state index is 12.4. The van der Waals surface area contributed by atoms with Gasteiger partial charge in [-0.1, -0.05) is 29.8 Å². The number of carbonyl (C=O) groups is 2. The van der Waals surface area contributed by atoms with Gasteiger partial charge in [0.15, 0.2) is 0 Å². The summed E-state index contributed by atoms with van der Waals surface area (Å²) in [5.41, 5.74) is 3.11. The molecule has 1 fully saturated rings. The van der Waals surface area contributed by atoms with Crippen LogP contribution in [0.5, 0.6) is 0 Å². The zero-order valence-corrected chi connectivity index (χ0v) is 14.2. The minimum absolute atomic E-state index is 0.0249. The molecule has 3 rings (SSSR count). The van der Waals surface area contributed by atoms with Crippen LogP contribution in [0.1, 0.15) is 23.2 Å². The van der Waals surface area contributed by atoms with Crippen molar-refractivity contribution in [1.82, 2.24) is 14.7 Å². The Balaban J connectivity index is 1.62. The van der Waals surface area contributed by atoms with Gasteiger partial charge < -0.3 is 10.2 Å². The van der Waals surface area contributed by atoms with Gasteiger partial charge in [-0.3, -0.25) is 14.3 Å². The average Bonchev–Trinajstić information content (AvgIpc) is 3.04. The average molecular weight is 326 g/mol. The third-order valence-electron chi connectivity index (χ3n) is 4.33. The van der Waals surface area contributed by atoms with Gasteiger partial charge in [0.05, 0.1) is 11.6 Å². The predicted molar refractivity (Wildman–Crippen MR) is 91.3 cm³/mol. The van der Waals surface area contributed by atoms with Crippen molar-refractivity contribution in [3.63, 3.8) is 0 Å². The number of anilines is 1. The van der Waals surface area contributed by atoms with E-state index in [1.54, 1.807) is 16.6 Å². The maximum absolute atomic E-state index is 12.4. The van der Waals surface area contributed by atoms with Gasteiger partial charge in [0.25, 0.3) is 0 Å². The Kier molecular flexibility index (Phi) is 4.38. The Hall–Kier alpha value is -2.63. The second kappa shape index (κ2) is 6.47. The fraction of sp³-hybridized carbons (Fsp3) is 0.389. The van der Waals surface area contributed by atoms with E-state index < -0.39 is 0 Å². The largest absolute Gasteiger partial charge is 0.338 e. The molecule has 1 atom stereocenters. The molecule has 0 aliphatic carbocycles. The number of aryl methyl sites for hydroxylation is 3. The monoisotopic (exact) mass is 326 g/mol. The molecule has 126 valence electrons. The Morgan fingerprint density at radius 3 is 2.62 bits per heavy atom. The molecule has 0 saturated carbocycles. The van der Waals surface area contributed by atoms with Crippen molar-refractivity contribution in [2.75, 3.05) is 11.9 Å². The van der Waals surface area contributed by atoms with E-state index in [0.717, 1.165) is 11.3 Å². The van der Waals surface area contributed by atoms with Crippen LogP contribution in [0, 0.1) is 19.8 Å². The molecule has 2 amide bonds. The van der Waals surface area contributed by atoms with Crippen LogP contribution < -0.4 is 5.32 Å². The van der Waals surface area contributed by atoms with Crippen molar-refractivity contribution in [1.29, 1.82) is 0 Å². The summed E-state index contributed by atoms with van der Waals surface area (Å²) in [6, 6.07) is 9.93. The Bertz CT molecular complexity index is 764. The number of carbonyl (C=O) groups excluding carboxylic acids is 2. The lowest BCUT2D eigenvalue weighted by Gasteiger charge is -2.17. The molecule has 0 radical (unpaired) electrons. The van der Waals surface area contributed by atoms with Crippen LogP contribution in [0.2, 0.25) is 0 Å². The van der Waals surface area contributed by atoms with Crippen molar-refractivity contribution in [3.8, 4) is 0 Å². The first-order valence-electron chi connectivity index (χ1n) is 8.07. The summed E-state index contributed by atoms with van der Waals surface area (Å²) in [5.74, 6) is 0.231. The molecule has 6 heteroatoms. The van der Waals surface area contributed by atoms with E-state index in [-0.39, 0.29) is 24.2 Å². The molecule has 24 heavy (non-hydrogen) atoms. The molecule has 1 aromatic carbocycles. The highest BCUT2D eigenvalue weighted by molar-refractivity contribution is 5.96. The summed E-state index contributed by atoms with van der Waals surface area (Å²) in [4.78, 5) is 26.4. The fourth-order valence-electron chi connectivity index (χ4n) is 2.97. The summed E-state index contributed by atoms with van der Waals surface area (Å²) in [7, 11) is 1.78. The number of hydrogen-bond acceptors (Lipinski definition) is 3. The van der Waals surface area contributed by atoms with Crippen LogP contribution in [-0.2, 0) is 23.2 Å². The molecule has 0 spiro atoms. The Morgan fingerprint density at radius 2 is 2.00 bits per heavy atom. The van der Waals surface area contributed by atoms with E-state index in [0.29, 0.717) is 18.9 Å². The number of aromatic nitrogens is 2. The highest BCUT2D eigenvalue weighted by Crippen LogP contribution is 2.22. The van der Waals surface area contributed by atoms with Crippen LogP contribution in [0.15, 0.2) is 30.3 Å². The van der Waals surface area contributed by atoms with Crippen molar-refractivity contribution in [3.05, 3.63) is 47.2 Å². The Morgan fingerprint density at radius 1 is 1.29 bits per heavy atom. The van der Waals surface area contributed by atoms with E-state index in [1.165, 1.54) is 5.56 Å². The molecule has 6 nitrogen and oxygen atoms in total. The normalized spacial score (nSPS) is 17.4. The van der Waals surface area contributed by atoms with Gasteiger partial charge in [-0.05, 0) is 19.4 Å². The van der Waals surface area contributed by atoms with Gasteiger partial charge in [0.2, 0.25) is 11.8 Å². The van der Waals surface area contributed by atoms with Crippen molar-refractivity contribution in [2.24, 2.45) is 13.0 Å². The third kappa shape index (κ3) is 3.48. The van der Waals surface area contributed by atoms with Crippen LogP contribution in [0.25, 0.3) is 0 Å². The Labute approximate surface area is 141 Å². The summed E-state index contributed by atoms with van der Waals surface area (Å²) in [5, 5.41) is 7.08. The molecule has 1 aliphatic heterocycles. The van der Waals surface area contributed by atoms with Crippen molar-refractivity contribution in [2.45, 2.75) is 26.8 Å². The number of likely N-dealkylation sites (tertiary alicyclic amines) is 1. The van der Waals surface area contributed by atoms with Crippen LogP contribution in [0.4, 0.5) is 5.82 Å². The molecule has 2 heterocycles. The second-order valence-electron chi connectivity index (χ2n) is 6.44. The minimum Gasteiger partial charge on any atom is -0.338 e. The molecule has 1 saturated heterocycles. The molecule has 0 unspecified atom stereocenters. The van der Waals surface area contributed by atoms with Crippen LogP contribution in [-0.4, -0.2) is 33.0 Å². The summed E-state index contributed by atoms with van der Waals surface area (Å²) in [6.45, 7) is 4.91. The molecule has 0 bridgehead atoms. The number of benzene rings is 1. The lowest BCUT2D eigenvalue weighted by molar-refractivity contribution is -0.128. The third-order valence-corrected chi connectivity index (χ3v) is 4.33. The van der Waals surface area contributed by atoms with E-state index in [4.69, 9.17) is 0 Å². The van der Waals surface area contributed by atoms with Gasteiger partial charge >= 0.3 is 0 Å². The summed E-state index contributed by atoms with van der Waals surface area (Å²) < 4.78 is 1.63.